The van der Waals surface area contributed by atoms with Gasteiger partial charge in [-0.1, -0.05) is 18.2 Å². The van der Waals surface area contributed by atoms with Gasteiger partial charge in [0.05, 0.1) is 18.1 Å². The van der Waals surface area contributed by atoms with E-state index in [2.05, 4.69) is 5.10 Å². The maximum atomic E-state index is 12.6. The third-order valence-corrected chi connectivity index (χ3v) is 5.46. The topological polar surface area (TPSA) is 81.2 Å². The lowest BCUT2D eigenvalue weighted by Gasteiger charge is -2.29. The fraction of sp³-hybridized carbons (Fsp3) is 0.357. The van der Waals surface area contributed by atoms with Crippen molar-refractivity contribution in [2.24, 2.45) is 5.73 Å². The molecule has 0 bridgehead atoms. The molecule has 1 aliphatic rings. The Morgan fingerprint density at radius 3 is 2.71 bits per heavy atom. The van der Waals surface area contributed by atoms with Gasteiger partial charge in [0, 0.05) is 19.1 Å². The van der Waals surface area contributed by atoms with Gasteiger partial charge >= 0.3 is 0 Å². The van der Waals surface area contributed by atoms with Gasteiger partial charge in [0.15, 0.2) is 0 Å². The Morgan fingerprint density at radius 1 is 1.24 bits per heavy atom. The van der Waals surface area contributed by atoms with Crippen molar-refractivity contribution in [3.05, 3.63) is 42.7 Å². The predicted octanol–water partition coefficient (Wildman–Crippen LogP) is 0.984. The zero-order valence-corrected chi connectivity index (χ0v) is 12.4. The van der Waals surface area contributed by atoms with Gasteiger partial charge < -0.3 is 5.73 Å². The molecule has 0 amide bonds. The monoisotopic (exact) mass is 306 g/mol. The summed E-state index contributed by atoms with van der Waals surface area (Å²) in [6, 6.07) is 9.34. The molecule has 1 aliphatic heterocycles. The number of benzene rings is 1. The lowest BCUT2D eigenvalue weighted by atomic mass is 10.1. The fourth-order valence-electron chi connectivity index (χ4n) is 2.50. The molecule has 0 aliphatic carbocycles. The largest absolute Gasteiger partial charge is 0.327 e. The molecule has 0 radical (unpaired) electrons. The molecule has 0 spiro atoms. The average molecular weight is 306 g/mol. The third kappa shape index (κ3) is 2.85. The van der Waals surface area contributed by atoms with Crippen molar-refractivity contribution in [3.8, 4) is 5.69 Å². The van der Waals surface area contributed by atoms with E-state index in [-0.39, 0.29) is 10.9 Å². The second-order valence-electron chi connectivity index (χ2n) is 5.22. The molecule has 1 atom stereocenters. The highest BCUT2D eigenvalue weighted by Gasteiger charge is 2.29. The summed E-state index contributed by atoms with van der Waals surface area (Å²) in [4.78, 5) is 0.209. The SMILES string of the molecule is NC1CCCN(S(=O)(=O)c2cnn(-c3ccccc3)c2)C1. The Kier molecular flexibility index (Phi) is 3.79. The molecule has 2 aromatic rings. The van der Waals surface area contributed by atoms with E-state index >= 15 is 0 Å². The smallest absolute Gasteiger partial charge is 0.246 e. The number of para-hydroxylation sites is 1. The second-order valence-corrected chi connectivity index (χ2v) is 7.16. The molecule has 3 rings (SSSR count). The maximum absolute atomic E-state index is 12.6. The number of hydrogen-bond acceptors (Lipinski definition) is 4. The molecule has 112 valence electrons. The first-order valence-corrected chi connectivity index (χ1v) is 8.37. The van der Waals surface area contributed by atoms with Crippen LogP contribution in [0.1, 0.15) is 12.8 Å². The van der Waals surface area contributed by atoms with E-state index < -0.39 is 10.0 Å². The average Bonchev–Trinajstić information content (AvgIpc) is 2.99. The molecular formula is C14H18N4O2S. The van der Waals surface area contributed by atoms with E-state index in [9.17, 15) is 8.42 Å². The Hall–Kier alpha value is -1.70. The van der Waals surface area contributed by atoms with Crippen molar-refractivity contribution < 1.29 is 8.42 Å². The van der Waals surface area contributed by atoms with E-state index in [1.54, 1.807) is 10.9 Å². The van der Waals surface area contributed by atoms with Crippen LogP contribution < -0.4 is 5.73 Å². The lowest BCUT2D eigenvalue weighted by Crippen LogP contribution is -2.45. The van der Waals surface area contributed by atoms with Crippen molar-refractivity contribution in [1.29, 1.82) is 0 Å². The van der Waals surface area contributed by atoms with Crippen molar-refractivity contribution in [1.82, 2.24) is 14.1 Å². The van der Waals surface area contributed by atoms with Crippen LogP contribution in [0, 0.1) is 0 Å². The maximum Gasteiger partial charge on any atom is 0.246 e. The van der Waals surface area contributed by atoms with Crippen molar-refractivity contribution in [3.63, 3.8) is 0 Å². The number of hydrogen-bond donors (Lipinski definition) is 1. The van der Waals surface area contributed by atoms with E-state index in [4.69, 9.17) is 5.73 Å². The first-order valence-electron chi connectivity index (χ1n) is 6.93. The van der Waals surface area contributed by atoms with Crippen LogP contribution in [0.25, 0.3) is 5.69 Å². The van der Waals surface area contributed by atoms with Gasteiger partial charge in [-0.05, 0) is 25.0 Å². The molecule has 1 saturated heterocycles. The first-order chi connectivity index (χ1) is 10.1. The summed E-state index contributed by atoms with van der Waals surface area (Å²) in [5.74, 6) is 0. The molecule has 21 heavy (non-hydrogen) atoms. The quantitative estimate of drug-likeness (QED) is 0.916. The predicted molar refractivity (Wildman–Crippen MR) is 79.5 cm³/mol. The summed E-state index contributed by atoms with van der Waals surface area (Å²) in [6.07, 6.45) is 4.61. The van der Waals surface area contributed by atoms with E-state index in [1.165, 1.54) is 10.5 Å². The van der Waals surface area contributed by atoms with Crippen LogP contribution in [0.15, 0.2) is 47.6 Å². The van der Waals surface area contributed by atoms with E-state index in [0.29, 0.717) is 13.1 Å². The second kappa shape index (κ2) is 5.59. The Labute approximate surface area is 124 Å². The van der Waals surface area contributed by atoms with E-state index in [1.807, 2.05) is 30.3 Å². The van der Waals surface area contributed by atoms with Gasteiger partial charge in [-0.2, -0.15) is 9.40 Å². The molecule has 1 unspecified atom stereocenters. The fourth-order valence-corrected chi connectivity index (χ4v) is 3.97. The lowest BCUT2D eigenvalue weighted by molar-refractivity contribution is 0.316. The van der Waals surface area contributed by atoms with Crippen LogP contribution in [0.5, 0.6) is 0 Å². The molecule has 0 saturated carbocycles. The van der Waals surface area contributed by atoms with Crippen molar-refractivity contribution >= 4 is 10.0 Å². The first kappa shape index (κ1) is 14.2. The summed E-state index contributed by atoms with van der Waals surface area (Å²) >= 11 is 0. The minimum absolute atomic E-state index is 0.0855. The molecule has 7 heteroatoms. The number of aromatic nitrogens is 2. The standard InChI is InChI=1S/C14H18N4O2S/c15-12-5-4-8-17(10-12)21(19,20)14-9-16-18(11-14)13-6-2-1-3-7-13/h1-3,6-7,9,11-12H,4-5,8,10,15H2. The normalized spacial score (nSPS) is 20.5. The van der Waals surface area contributed by atoms with Crippen molar-refractivity contribution in [2.75, 3.05) is 13.1 Å². The number of nitrogens with two attached hydrogens (primary N) is 1. The molecule has 6 nitrogen and oxygen atoms in total. The van der Waals surface area contributed by atoms with Crippen LogP contribution in [-0.2, 0) is 10.0 Å². The van der Waals surface area contributed by atoms with Gasteiger partial charge in [-0.25, -0.2) is 13.1 Å². The number of rotatable bonds is 3. The Bertz CT molecular complexity index is 712. The molecule has 2 N–H and O–H groups in total. The minimum Gasteiger partial charge on any atom is -0.327 e. The Morgan fingerprint density at radius 2 is 2.00 bits per heavy atom. The molecule has 2 heterocycles. The van der Waals surface area contributed by atoms with Gasteiger partial charge in [0.25, 0.3) is 0 Å². The summed E-state index contributed by atoms with van der Waals surface area (Å²) in [6.45, 7) is 0.894. The zero-order chi connectivity index (χ0) is 14.9. The number of nitrogens with zero attached hydrogens (tertiary/aromatic N) is 3. The zero-order valence-electron chi connectivity index (χ0n) is 11.6. The van der Waals surface area contributed by atoms with Gasteiger partial charge in [-0.15, -0.1) is 0 Å². The summed E-state index contributed by atoms with van der Waals surface area (Å²) in [5.41, 5.74) is 6.70. The Balaban J connectivity index is 1.88. The van der Waals surface area contributed by atoms with Crippen LogP contribution in [-0.4, -0.2) is 41.6 Å². The van der Waals surface area contributed by atoms with Gasteiger partial charge in [0.1, 0.15) is 4.90 Å². The highest BCUT2D eigenvalue weighted by molar-refractivity contribution is 7.89. The number of piperidine rings is 1. The van der Waals surface area contributed by atoms with Crippen molar-refractivity contribution in [2.45, 2.75) is 23.8 Å². The summed E-state index contributed by atoms with van der Waals surface area (Å²) in [5, 5.41) is 4.15. The van der Waals surface area contributed by atoms with Crippen LogP contribution in [0.3, 0.4) is 0 Å². The highest BCUT2D eigenvalue weighted by atomic mass is 32.2. The van der Waals surface area contributed by atoms with Gasteiger partial charge in [0.2, 0.25) is 10.0 Å². The highest BCUT2D eigenvalue weighted by Crippen LogP contribution is 2.20. The molecule has 1 aromatic heterocycles. The molecule has 1 fully saturated rings. The van der Waals surface area contributed by atoms with Crippen LogP contribution in [0.4, 0.5) is 0 Å². The minimum atomic E-state index is -3.51. The summed E-state index contributed by atoms with van der Waals surface area (Å²) < 4.78 is 28.2. The molecular weight excluding hydrogens is 288 g/mol. The summed E-state index contributed by atoms with van der Waals surface area (Å²) in [7, 11) is -3.51. The van der Waals surface area contributed by atoms with E-state index in [0.717, 1.165) is 18.5 Å². The van der Waals surface area contributed by atoms with Crippen LogP contribution in [0.2, 0.25) is 0 Å². The molecule has 1 aromatic carbocycles. The van der Waals surface area contributed by atoms with Crippen LogP contribution >= 0.6 is 0 Å². The number of sulfonamides is 1. The third-order valence-electron chi connectivity index (χ3n) is 3.64. The van der Waals surface area contributed by atoms with Gasteiger partial charge in [-0.3, -0.25) is 0 Å².